The first-order valence-electron chi connectivity index (χ1n) is 5.85. The van der Waals surface area contributed by atoms with Crippen LogP contribution in [-0.4, -0.2) is 9.97 Å². The van der Waals surface area contributed by atoms with Crippen LogP contribution in [0.2, 0.25) is 0 Å². The van der Waals surface area contributed by atoms with Crippen molar-refractivity contribution in [1.82, 2.24) is 9.97 Å². The fourth-order valence-electron chi connectivity index (χ4n) is 1.85. The van der Waals surface area contributed by atoms with E-state index >= 15 is 0 Å². The van der Waals surface area contributed by atoms with Gasteiger partial charge in [-0.1, -0.05) is 27.7 Å². The van der Waals surface area contributed by atoms with Crippen molar-refractivity contribution in [2.24, 2.45) is 0 Å². The summed E-state index contributed by atoms with van der Waals surface area (Å²) < 4.78 is 0. The highest BCUT2D eigenvalue weighted by Gasteiger charge is 2.09. The normalized spacial score (nSPS) is 11.6. The van der Waals surface area contributed by atoms with Gasteiger partial charge in [0, 0.05) is 11.9 Å². The molecule has 0 amide bonds. The van der Waals surface area contributed by atoms with E-state index in [1.54, 1.807) is 0 Å². The molecule has 16 heavy (non-hydrogen) atoms. The van der Waals surface area contributed by atoms with E-state index in [-0.39, 0.29) is 0 Å². The molecular formula is C14H18N2. The van der Waals surface area contributed by atoms with Gasteiger partial charge in [0.05, 0.1) is 11.0 Å². The second-order valence-corrected chi connectivity index (χ2v) is 4.81. The summed E-state index contributed by atoms with van der Waals surface area (Å²) in [7, 11) is 0. The summed E-state index contributed by atoms with van der Waals surface area (Å²) in [5.41, 5.74) is 4.48. The molecule has 0 saturated carbocycles. The smallest absolute Gasteiger partial charge is 0.0924 e. The summed E-state index contributed by atoms with van der Waals surface area (Å²) in [5.74, 6) is 0.949. The van der Waals surface area contributed by atoms with Gasteiger partial charge in [-0.2, -0.15) is 0 Å². The summed E-state index contributed by atoms with van der Waals surface area (Å²) in [6.45, 7) is 8.72. The molecule has 84 valence electrons. The molecule has 0 aliphatic carbocycles. The van der Waals surface area contributed by atoms with Gasteiger partial charge in [0.1, 0.15) is 0 Å². The van der Waals surface area contributed by atoms with Crippen molar-refractivity contribution in [3.05, 3.63) is 35.7 Å². The van der Waals surface area contributed by atoms with E-state index in [0.717, 1.165) is 16.7 Å². The first-order chi connectivity index (χ1) is 7.59. The fourth-order valence-corrected chi connectivity index (χ4v) is 1.85. The van der Waals surface area contributed by atoms with Crippen LogP contribution in [0, 0.1) is 0 Å². The second kappa shape index (κ2) is 4.20. The van der Waals surface area contributed by atoms with Crippen molar-refractivity contribution in [3.8, 4) is 0 Å². The molecule has 2 heterocycles. The highest BCUT2D eigenvalue weighted by molar-refractivity contribution is 5.78. The van der Waals surface area contributed by atoms with E-state index in [9.17, 15) is 0 Å². The molecule has 0 aliphatic rings. The van der Waals surface area contributed by atoms with Crippen LogP contribution in [0.25, 0.3) is 11.0 Å². The minimum absolute atomic E-state index is 0.463. The van der Waals surface area contributed by atoms with Crippen LogP contribution in [0.5, 0.6) is 0 Å². The van der Waals surface area contributed by atoms with Crippen molar-refractivity contribution in [2.45, 2.75) is 39.5 Å². The van der Waals surface area contributed by atoms with E-state index in [1.165, 1.54) is 5.56 Å². The van der Waals surface area contributed by atoms with Crippen molar-refractivity contribution in [3.63, 3.8) is 0 Å². The monoisotopic (exact) mass is 214 g/mol. The Morgan fingerprint density at radius 1 is 0.938 bits per heavy atom. The third-order valence-corrected chi connectivity index (χ3v) is 2.85. The van der Waals surface area contributed by atoms with E-state index in [4.69, 9.17) is 4.98 Å². The zero-order valence-electron chi connectivity index (χ0n) is 10.4. The molecule has 2 nitrogen and oxygen atoms in total. The summed E-state index contributed by atoms with van der Waals surface area (Å²) in [4.78, 5) is 9.10. The number of pyridine rings is 2. The minimum atomic E-state index is 0.463. The lowest BCUT2D eigenvalue weighted by Gasteiger charge is -2.11. The summed E-state index contributed by atoms with van der Waals surface area (Å²) >= 11 is 0. The Balaban J connectivity index is 2.68. The maximum absolute atomic E-state index is 4.73. The molecule has 2 heteroatoms. The zero-order valence-corrected chi connectivity index (χ0v) is 10.4. The first kappa shape index (κ1) is 11.1. The van der Waals surface area contributed by atoms with Crippen LogP contribution >= 0.6 is 0 Å². The number of rotatable bonds is 2. The summed E-state index contributed by atoms with van der Waals surface area (Å²) in [6.07, 6.45) is 1.87. The van der Waals surface area contributed by atoms with Crippen LogP contribution in [0.15, 0.2) is 24.4 Å². The molecule has 0 aromatic carbocycles. The molecule has 0 aliphatic heterocycles. The lowest BCUT2D eigenvalue weighted by molar-refractivity contribution is 0.822. The average Bonchev–Trinajstić information content (AvgIpc) is 2.27. The lowest BCUT2D eigenvalue weighted by Crippen LogP contribution is -1.98. The third-order valence-electron chi connectivity index (χ3n) is 2.85. The van der Waals surface area contributed by atoms with Crippen molar-refractivity contribution < 1.29 is 0 Å². The standard InChI is InChI=1S/C14H18N2/c1-9(2)11-7-8-15-13-6-5-12(10(3)4)16-14(11)13/h5-10H,1-4H3. The Hall–Kier alpha value is -1.44. The van der Waals surface area contributed by atoms with Gasteiger partial charge in [-0.25, -0.2) is 0 Å². The molecule has 2 aromatic heterocycles. The van der Waals surface area contributed by atoms with Gasteiger partial charge in [0.2, 0.25) is 0 Å². The van der Waals surface area contributed by atoms with Gasteiger partial charge >= 0.3 is 0 Å². The van der Waals surface area contributed by atoms with E-state index < -0.39 is 0 Å². The number of nitrogens with zero attached hydrogens (tertiary/aromatic N) is 2. The Kier molecular flexibility index (Phi) is 2.90. The van der Waals surface area contributed by atoms with Crippen LogP contribution in [0.4, 0.5) is 0 Å². The van der Waals surface area contributed by atoms with Crippen molar-refractivity contribution in [1.29, 1.82) is 0 Å². The van der Waals surface area contributed by atoms with Gasteiger partial charge in [-0.15, -0.1) is 0 Å². The number of fused-ring (bicyclic) bond motifs is 1. The Bertz CT molecular complexity index is 501. The lowest BCUT2D eigenvalue weighted by atomic mass is 10.0. The van der Waals surface area contributed by atoms with Gasteiger partial charge < -0.3 is 0 Å². The molecule has 0 spiro atoms. The summed E-state index contributed by atoms with van der Waals surface area (Å²) in [6, 6.07) is 6.22. The molecular weight excluding hydrogens is 196 g/mol. The highest BCUT2D eigenvalue weighted by Crippen LogP contribution is 2.24. The quantitative estimate of drug-likeness (QED) is 0.758. The van der Waals surface area contributed by atoms with Gasteiger partial charge in [-0.05, 0) is 35.6 Å². The maximum Gasteiger partial charge on any atom is 0.0924 e. The second-order valence-electron chi connectivity index (χ2n) is 4.81. The molecule has 0 atom stereocenters. The molecule has 0 N–H and O–H groups in total. The molecule has 2 rings (SSSR count). The fraction of sp³-hybridized carbons (Fsp3) is 0.429. The van der Waals surface area contributed by atoms with Gasteiger partial charge in [-0.3, -0.25) is 9.97 Å². The van der Waals surface area contributed by atoms with Crippen LogP contribution in [0.3, 0.4) is 0 Å². The Labute approximate surface area is 96.7 Å². The molecule has 0 fully saturated rings. The maximum atomic E-state index is 4.73. The van der Waals surface area contributed by atoms with Crippen LogP contribution < -0.4 is 0 Å². The average molecular weight is 214 g/mol. The molecule has 2 aromatic rings. The van der Waals surface area contributed by atoms with E-state index in [0.29, 0.717) is 11.8 Å². The Morgan fingerprint density at radius 3 is 2.31 bits per heavy atom. The molecule has 0 bridgehead atoms. The molecule has 0 unspecified atom stereocenters. The summed E-state index contributed by atoms with van der Waals surface area (Å²) in [5, 5.41) is 0. The number of hydrogen-bond donors (Lipinski definition) is 0. The van der Waals surface area contributed by atoms with E-state index in [1.807, 2.05) is 6.20 Å². The van der Waals surface area contributed by atoms with Gasteiger partial charge in [0.25, 0.3) is 0 Å². The zero-order chi connectivity index (χ0) is 11.7. The first-order valence-corrected chi connectivity index (χ1v) is 5.85. The van der Waals surface area contributed by atoms with E-state index in [2.05, 4.69) is 50.9 Å². The van der Waals surface area contributed by atoms with Crippen LogP contribution in [0.1, 0.15) is 50.8 Å². The number of hydrogen-bond acceptors (Lipinski definition) is 2. The Morgan fingerprint density at radius 2 is 1.69 bits per heavy atom. The predicted molar refractivity (Wildman–Crippen MR) is 67.7 cm³/mol. The van der Waals surface area contributed by atoms with Gasteiger partial charge in [0.15, 0.2) is 0 Å². The van der Waals surface area contributed by atoms with Crippen molar-refractivity contribution in [2.75, 3.05) is 0 Å². The minimum Gasteiger partial charge on any atom is -0.255 e. The molecule has 0 saturated heterocycles. The topological polar surface area (TPSA) is 25.8 Å². The highest BCUT2D eigenvalue weighted by atomic mass is 14.8. The largest absolute Gasteiger partial charge is 0.255 e. The molecule has 0 radical (unpaired) electrons. The third kappa shape index (κ3) is 1.92. The van der Waals surface area contributed by atoms with Crippen molar-refractivity contribution >= 4 is 11.0 Å². The van der Waals surface area contributed by atoms with Crippen LogP contribution in [-0.2, 0) is 0 Å². The number of aromatic nitrogens is 2. The predicted octanol–water partition coefficient (Wildman–Crippen LogP) is 3.88. The SMILES string of the molecule is CC(C)c1ccc2nccc(C(C)C)c2n1.